The van der Waals surface area contributed by atoms with Crippen LogP contribution in [0.15, 0.2) is 0 Å². The van der Waals surface area contributed by atoms with E-state index in [0.717, 1.165) is 19.3 Å². The maximum absolute atomic E-state index is 12.5. The number of hydrogen-bond acceptors (Lipinski definition) is 7. The number of hydrogen-bond donors (Lipinski definition) is 0. The minimum absolute atomic E-state index is 0.0812. The van der Waals surface area contributed by atoms with Crippen LogP contribution in [0.3, 0.4) is 0 Å². The number of carbonyl (C=O) groups is 2. The highest BCUT2D eigenvalue weighted by Crippen LogP contribution is 2.33. The van der Waals surface area contributed by atoms with E-state index in [1.165, 1.54) is 0 Å². The quantitative estimate of drug-likeness (QED) is 0.592. The Morgan fingerprint density at radius 2 is 1.74 bits per heavy atom. The Hall–Kier alpha value is -1.92. The van der Waals surface area contributed by atoms with Crippen molar-refractivity contribution in [2.45, 2.75) is 85.4 Å². The molecule has 0 unspecified atom stereocenters. The molecule has 1 aliphatic rings. The van der Waals surface area contributed by atoms with Crippen molar-refractivity contribution < 1.29 is 28.7 Å². The minimum atomic E-state index is -0.327. The molecule has 0 saturated carbocycles. The lowest BCUT2D eigenvalue weighted by atomic mass is 9.93. The molecule has 1 amide bonds. The largest absolute Gasteiger partial charge is 0.466 e. The van der Waals surface area contributed by atoms with Gasteiger partial charge in [-0.05, 0) is 41.0 Å². The van der Waals surface area contributed by atoms with Gasteiger partial charge in [0, 0.05) is 24.5 Å². The maximum atomic E-state index is 12.5. The molecule has 2 atom stereocenters. The van der Waals surface area contributed by atoms with E-state index in [-0.39, 0.29) is 42.3 Å². The first-order valence-electron chi connectivity index (χ1n) is 9.64. The summed E-state index contributed by atoms with van der Waals surface area (Å²) in [5.74, 6) is -0.107. The topological polar surface area (TPSA) is 93.2 Å². The Morgan fingerprint density at radius 3 is 2.19 bits per heavy atom. The van der Waals surface area contributed by atoms with Crippen LogP contribution in [-0.2, 0) is 23.9 Å². The Morgan fingerprint density at radius 1 is 1.15 bits per heavy atom. The van der Waals surface area contributed by atoms with Crippen molar-refractivity contribution in [1.82, 2.24) is 10.0 Å². The first kappa shape index (κ1) is 25.1. The third kappa shape index (κ3) is 8.54. The number of carbonyl (C=O) groups excluding carboxylic acids is 4. The summed E-state index contributed by atoms with van der Waals surface area (Å²) in [6, 6.07) is 0.327. The van der Waals surface area contributed by atoms with Crippen LogP contribution in [-0.4, -0.2) is 59.6 Å². The number of hydrazine groups is 1. The average molecular weight is 386 g/mol. The fourth-order valence-corrected chi connectivity index (χ4v) is 3.34. The van der Waals surface area contributed by atoms with Crippen LogP contribution in [0.2, 0.25) is 0 Å². The lowest BCUT2D eigenvalue weighted by molar-refractivity contribution is -0.191. The highest BCUT2D eigenvalue weighted by Gasteiger charge is 2.44. The number of amides is 1. The first-order chi connectivity index (χ1) is 12.7. The molecule has 0 aliphatic carbocycles. The molecule has 0 bridgehead atoms. The van der Waals surface area contributed by atoms with E-state index < -0.39 is 0 Å². The molecule has 1 heterocycles. The molecule has 1 aliphatic heterocycles. The zero-order valence-electron chi connectivity index (χ0n) is 17.4. The number of nitrogens with zero attached hydrogens (tertiary/aromatic N) is 2. The normalized spacial score (nSPS) is 19.5. The third-order valence-corrected chi connectivity index (χ3v) is 4.23. The van der Waals surface area contributed by atoms with Crippen LogP contribution < -0.4 is 0 Å². The van der Waals surface area contributed by atoms with E-state index in [9.17, 15) is 9.59 Å². The van der Waals surface area contributed by atoms with Crippen molar-refractivity contribution in [3.63, 3.8) is 0 Å². The Labute approximate surface area is 162 Å². The van der Waals surface area contributed by atoms with E-state index >= 15 is 0 Å². The maximum Gasteiger partial charge on any atom is 0.424 e. The van der Waals surface area contributed by atoms with Gasteiger partial charge in [0.1, 0.15) is 0 Å². The van der Waals surface area contributed by atoms with Gasteiger partial charge in [-0.15, -0.1) is 0 Å². The molecule has 0 radical (unpaired) electrons. The predicted molar refractivity (Wildman–Crippen MR) is 98.4 cm³/mol. The van der Waals surface area contributed by atoms with Crippen molar-refractivity contribution in [3.8, 4) is 0 Å². The Bertz CT molecular complexity index is 489. The highest BCUT2D eigenvalue weighted by molar-refractivity contribution is 5.71. The number of esters is 1. The zero-order valence-corrected chi connectivity index (χ0v) is 17.4. The standard InChI is InChI=1S/C18H34N2O4.CO2/c1-7-9-10-16-15(11-17(21)23-8-2)12-19(20(16)13(3)4)18(22)24-14(5)6;2-1-3/h13-16H,7-12H2,1-6H3;/t15-,16+;/m0./s1. The lowest BCUT2D eigenvalue weighted by Crippen LogP contribution is -2.49. The summed E-state index contributed by atoms with van der Waals surface area (Å²) in [7, 11) is 0. The van der Waals surface area contributed by atoms with Gasteiger partial charge in [-0.1, -0.05) is 19.8 Å². The van der Waals surface area contributed by atoms with Crippen LogP contribution >= 0.6 is 0 Å². The summed E-state index contributed by atoms with van der Waals surface area (Å²) >= 11 is 0. The van der Waals surface area contributed by atoms with Crippen molar-refractivity contribution in [2.24, 2.45) is 5.92 Å². The summed E-state index contributed by atoms with van der Waals surface area (Å²) in [5, 5.41) is 3.79. The smallest absolute Gasteiger partial charge is 0.424 e. The molecule has 1 fully saturated rings. The predicted octanol–water partition coefficient (Wildman–Crippen LogP) is 3.02. The molecule has 8 heteroatoms. The van der Waals surface area contributed by atoms with Crippen LogP contribution in [0, 0.1) is 5.92 Å². The summed E-state index contributed by atoms with van der Waals surface area (Å²) in [4.78, 5) is 40.7. The van der Waals surface area contributed by atoms with Crippen molar-refractivity contribution in [2.75, 3.05) is 13.2 Å². The van der Waals surface area contributed by atoms with E-state index in [1.54, 1.807) is 5.01 Å². The second-order valence-corrected chi connectivity index (χ2v) is 7.05. The van der Waals surface area contributed by atoms with Gasteiger partial charge in [-0.25, -0.2) is 14.8 Å². The molecule has 8 nitrogen and oxygen atoms in total. The number of ether oxygens (including phenoxy) is 2. The van der Waals surface area contributed by atoms with Crippen LogP contribution in [0.25, 0.3) is 0 Å². The van der Waals surface area contributed by atoms with Gasteiger partial charge in [0.2, 0.25) is 0 Å². The van der Waals surface area contributed by atoms with E-state index in [0.29, 0.717) is 19.6 Å². The van der Waals surface area contributed by atoms with Gasteiger partial charge in [-0.2, -0.15) is 9.59 Å². The molecule has 0 aromatic heterocycles. The van der Waals surface area contributed by atoms with E-state index in [4.69, 9.17) is 19.1 Å². The van der Waals surface area contributed by atoms with Crippen LogP contribution in [0.5, 0.6) is 0 Å². The molecule has 156 valence electrons. The fraction of sp³-hybridized carbons (Fsp3) is 0.842. The van der Waals surface area contributed by atoms with Gasteiger partial charge >= 0.3 is 18.2 Å². The molecule has 1 saturated heterocycles. The highest BCUT2D eigenvalue weighted by atomic mass is 16.6. The van der Waals surface area contributed by atoms with Gasteiger partial charge in [0.15, 0.2) is 0 Å². The lowest BCUT2D eigenvalue weighted by Gasteiger charge is -2.35. The van der Waals surface area contributed by atoms with Crippen molar-refractivity contribution >= 4 is 18.2 Å². The number of unbranched alkanes of at least 4 members (excludes halogenated alkanes) is 1. The minimum Gasteiger partial charge on any atom is -0.466 e. The van der Waals surface area contributed by atoms with Crippen LogP contribution in [0.4, 0.5) is 4.79 Å². The molecule has 27 heavy (non-hydrogen) atoms. The molecule has 0 aromatic carbocycles. The monoisotopic (exact) mass is 386 g/mol. The number of rotatable bonds is 8. The average Bonchev–Trinajstić information content (AvgIpc) is 2.91. The van der Waals surface area contributed by atoms with Gasteiger partial charge in [0.05, 0.1) is 19.1 Å². The molecule has 0 spiro atoms. The second-order valence-electron chi connectivity index (χ2n) is 7.05. The molecule has 0 aromatic rings. The van der Waals surface area contributed by atoms with E-state index in [2.05, 4.69) is 25.8 Å². The summed E-state index contributed by atoms with van der Waals surface area (Å²) in [6.45, 7) is 12.7. The molecular formula is C19H34N2O6. The van der Waals surface area contributed by atoms with E-state index in [1.807, 2.05) is 20.8 Å². The van der Waals surface area contributed by atoms with Gasteiger partial charge in [-0.3, -0.25) is 4.79 Å². The molecule has 0 N–H and O–H groups in total. The second kappa shape index (κ2) is 13.3. The first-order valence-corrected chi connectivity index (χ1v) is 9.64. The zero-order chi connectivity index (χ0) is 21.0. The third-order valence-electron chi connectivity index (χ3n) is 4.23. The van der Waals surface area contributed by atoms with Crippen molar-refractivity contribution in [1.29, 1.82) is 0 Å². The summed E-state index contributed by atoms with van der Waals surface area (Å²) in [5.41, 5.74) is 0. The van der Waals surface area contributed by atoms with Crippen LogP contribution in [0.1, 0.15) is 67.2 Å². The van der Waals surface area contributed by atoms with Gasteiger partial charge in [0.25, 0.3) is 0 Å². The SMILES string of the molecule is CCCC[C@@H]1[C@@H](CC(=O)OCC)CN(C(=O)OC(C)C)N1C(C)C.O=C=O. The Balaban J connectivity index is 0.00000210. The molecular weight excluding hydrogens is 352 g/mol. The summed E-state index contributed by atoms with van der Waals surface area (Å²) < 4.78 is 10.5. The van der Waals surface area contributed by atoms with Gasteiger partial charge < -0.3 is 9.47 Å². The Kier molecular flexibility index (Phi) is 12.3. The van der Waals surface area contributed by atoms with Crippen molar-refractivity contribution in [3.05, 3.63) is 0 Å². The molecule has 1 rings (SSSR count). The summed E-state index contributed by atoms with van der Waals surface area (Å²) in [6.07, 6.45) is 3.23. The fourth-order valence-electron chi connectivity index (χ4n) is 3.34.